The molecule has 0 atom stereocenters. The number of benzene rings is 3. The number of carbonyl (C=O) groups excluding carboxylic acids is 3. The molecule has 1 fully saturated rings. The van der Waals surface area contributed by atoms with Gasteiger partial charge in [0.2, 0.25) is 5.91 Å². The first kappa shape index (κ1) is 24.1. The maximum atomic E-state index is 13.7. The maximum Gasteiger partial charge on any atom is 0.329 e. The van der Waals surface area contributed by atoms with Gasteiger partial charge in [-0.15, -0.1) is 0 Å². The van der Waals surface area contributed by atoms with Gasteiger partial charge in [-0.25, -0.2) is 18.5 Å². The normalized spacial score (nSPS) is 14.3. The molecular formula is C25H18BrF2N3O4. The van der Waals surface area contributed by atoms with Gasteiger partial charge in [0.25, 0.3) is 5.91 Å². The minimum atomic E-state index is -0.761. The molecular weight excluding hydrogens is 524 g/mol. The molecule has 0 bridgehead atoms. The van der Waals surface area contributed by atoms with E-state index in [9.17, 15) is 23.2 Å². The Hall–Kier alpha value is -4.05. The molecule has 4 rings (SSSR count). The van der Waals surface area contributed by atoms with Crippen molar-refractivity contribution in [2.45, 2.75) is 6.61 Å². The highest BCUT2D eigenvalue weighted by Gasteiger charge is 2.35. The van der Waals surface area contributed by atoms with E-state index in [-0.39, 0.29) is 23.8 Å². The van der Waals surface area contributed by atoms with Crippen LogP contribution in [-0.2, 0) is 16.2 Å². The maximum absolute atomic E-state index is 13.7. The number of hydrogen-bond acceptors (Lipinski definition) is 4. The van der Waals surface area contributed by atoms with E-state index in [2.05, 4.69) is 26.6 Å². The molecule has 1 aliphatic heterocycles. The van der Waals surface area contributed by atoms with Gasteiger partial charge in [0, 0.05) is 0 Å². The lowest BCUT2D eigenvalue weighted by Gasteiger charge is -2.12. The number of nitrogens with zero attached hydrogens (tertiary/aromatic N) is 1. The zero-order valence-corrected chi connectivity index (χ0v) is 19.6. The van der Waals surface area contributed by atoms with Crippen LogP contribution in [0, 0.1) is 11.6 Å². The lowest BCUT2D eigenvalue weighted by atomic mass is 10.2. The third kappa shape index (κ3) is 5.90. The second-order valence-corrected chi connectivity index (χ2v) is 8.37. The Kier molecular flexibility index (Phi) is 7.21. The summed E-state index contributed by atoms with van der Waals surface area (Å²) in [5, 5.41) is 4.77. The van der Waals surface area contributed by atoms with Crippen LogP contribution in [0.5, 0.6) is 5.75 Å². The molecule has 0 saturated carbocycles. The number of halogens is 3. The topological polar surface area (TPSA) is 87.7 Å². The molecule has 0 aliphatic carbocycles. The Morgan fingerprint density at radius 1 is 1.06 bits per heavy atom. The van der Waals surface area contributed by atoms with Crippen molar-refractivity contribution >= 4 is 45.5 Å². The van der Waals surface area contributed by atoms with E-state index in [1.54, 1.807) is 36.4 Å². The van der Waals surface area contributed by atoms with Crippen LogP contribution in [0.1, 0.15) is 11.1 Å². The van der Waals surface area contributed by atoms with E-state index < -0.39 is 30.2 Å². The van der Waals surface area contributed by atoms with Crippen LogP contribution in [0.2, 0.25) is 0 Å². The first-order valence-corrected chi connectivity index (χ1v) is 11.1. The van der Waals surface area contributed by atoms with Crippen molar-refractivity contribution in [3.8, 4) is 5.75 Å². The molecule has 35 heavy (non-hydrogen) atoms. The minimum absolute atomic E-state index is 0.0134. The number of hydrogen-bond donors (Lipinski definition) is 2. The Morgan fingerprint density at radius 3 is 2.51 bits per heavy atom. The number of anilines is 1. The number of amides is 4. The predicted octanol–water partition coefficient (Wildman–Crippen LogP) is 4.84. The van der Waals surface area contributed by atoms with Crippen LogP contribution in [-0.4, -0.2) is 29.3 Å². The molecule has 0 spiro atoms. The van der Waals surface area contributed by atoms with Gasteiger partial charge in [-0.3, -0.25) is 9.59 Å². The van der Waals surface area contributed by atoms with Gasteiger partial charge in [-0.1, -0.05) is 30.3 Å². The fourth-order valence-electron chi connectivity index (χ4n) is 3.24. The van der Waals surface area contributed by atoms with Crippen molar-refractivity contribution in [3.05, 3.63) is 99.7 Å². The van der Waals surface area contributed by atoms with Gasteiger partial charge in [0.1, 0.15) is 36.2 Å². The average Bonchev–Trinajstić information content (AvgIpc) is 3.08. The summed E-state index contributed by atoms with van der Waals surface area (Å²) >= 11 is 3.41. The fourth-order valence-corrected chi connectivity index (χ4v) is 3.75. The van der Waals surface area contributed by atoms with Gasteiger partial charge in [-0.2, -0.15) is 0 Å². The van der Waals surface area contributed by atoms with Crippen molar-refractivity contribution in [3.63, 3.8) is 0 Å². The van der Waals surface area contributed by atoms with E-state index in [0.29, 0.717) is 15.8 Å². The zero-order valence-electron chi connectivity index (χ0n) is 18.1. The van der Waals surface area contributed by atoms with Gasteiger partial charge < -0.3 is 15.4 Å². The SMILES string of the molecule is O=C(CN1C(=O)N/C(=C/c2ccc(OCc3ccc(F)cc3)c(Br)c2)C1=O)Nc1ccccc1F. The smallest absolute Gasteiger partial charge is 0.329 e. The quantitative estimate of drug-likeness (QED) is 0.331. The molecule has 0 radical (unpaired) electrons. The van der Waals surface area contributed by atoms with Crippen LogP contribution in [0.25, 0.3) is 6.08 Å². The van der Waals surface area contributed by atoms with Crippen molar-refractivity contribution < 1.29 is 27.9 Å². The summed E-state index contributed by atoms with van der Waals surface area (Å²) in [7, 11) is 0. The molecule has 3 aromatic carbocycles. The number of rotatable bonds is 7. The summed E-state index contributed by atoms with van der Waals surface area (Å²) in [6, 6.07) is 15.8. The number of urea groups is 1. The van der Waals surface area contributed by atoms with Crippen LogP contribution >= 0.6 is 15.9 Å². The highest BCUT2D eigenvalue weighted by molar-refractivity contribution is 9.10. The Bertz CT molecular complexity index is 1330. The highest BCUT2D eigenvalue weighted by Crippen LogP contribution is 2.28. The number of nitrogens with one attached hydrogen (secondary N) is 2. The standard InChI is InChI=1S/C25H18BrF2N3O4/c26-18-11-16(7-10-22(18)35-14-15-5-8-17(27)9-6-15)12-21-24(33)31(25(34)30-21)13-23(32)29-20-4-2-1-3-19(20)28/h1-12H,13-14H2,(H,29,32)(H,30,34)/b21-12+. The molecule has 10 heteroatoms. The predicted molar refractivity (Wildman–Crippen MR) is 128 cm³/mol. The first-order chi connectivity index (χ1) is 16.8. The zero-order chi connectivity index (χ0) is 24.9. The van der Waals surface area contributed by atoms with E-state index in [1.807, 2.05) is 0 Å². The van der Waals surface area contributed by atoms with Crippen molar-refractivity contribution in [1.82, 2.24) is 10.2 Å². The molecule has 0 unspecified atom stereocenters. The second-order valence-electron chi connectivity index (χ2n) is 7.51. The third-order valence-electron chi connectivity index (χ3n) is 4.99. The Balaban J connectivity index is 1.40. The Labute approximate surface area is 207 Å². The van der Waals surface area contributed by atoms with Gasteiger partial charge in [0.15, 0.2) is 0 Å². The molecule has 0 aromatic heterocycles. The van der Waals surface area contributed by atoms with Gasteiger partial charge in [0.05, 0.1) is 10.2 Å². The third-order valence-corrected chi connectivity index (χ3v) is 5.61. The highest BCUT2D eigenvalue weighted by atomic mass is 79.9. The molecule has 1 aliphatic rings. The van der Waals surface area contributed by atoms with E-state index in [1.165, 1.54) is 36.4 Å². The summed E-state index contributed by atoms with van der Waals surface area (Å²) in [6.07, 6.45) is 1.46. The summed E-state index contributed by atoms with van der Waals surface area (Å²) < 4.78 is 33.1. The molecule has 1 heterocycles. The van der Waals surface area contributed by atoms with Crippen LogP contribution < -0.4 is 15.4 Å². The summed E-state index contributed by atoms with van der Waals surface area (Å²) in [6.45, 7) is -0.339. The average molecular weight is 542 g/mol. The van der Waals surface area contributed by atoms with E-state index in [0.717, 1.165) is 10.5 Å². The fraction of sp³-hybridized carbons (Fsp3) is 0.0800. The van der Waals surface area contributed by atoms with Crippen molar-refractivity contribution in [2.24, 2.45) is 0 Å². The number of para-hydroxylation sites is 1. The first-order valence-electron chi connectivity index (χ1n) is 10.4. The van der Waals surface area contributed by atoms with Gasteiger partial charge in [-0.05, 0) is 69.5 Å². The molecule has 3 aromatic rings. The summed E-state index contributed by atoms with van der Waals surface area (Å²) in [5.74, 6) is -1.83. The Morgan fingerprint density at radius 2 is 1.80 bits per heavy atom. The van der Waals surface area contributed by atoms with Crippen LogP contribution in [0.4, 0.5) is 19.3 Å². The largest absolute Gasteiger partial charge is 0.488 e. The van der Waals surface area contributed by atoms with E-state index in [4.69, 9.17) is 4.74 Å². The minimum Gasteiger partial charge on any atom is -0.488 e. The lowest BCUT2D eigenvalue weighted by Crippen LogP contribution is -2.38. The molecule has 178 valence electrons. The van der Waals surface area contributed by atoms with Crippen molar-refractivity contribution in [2.75, 3.05) is 11.9 Å². The lowest BCUT2D eigenvalue weighted by molar-refractivity contribution is -0.127. The van der Waals surface area contributed by atoms with Gasteiger partial charge >= 0.3 is 6.03 Å². The molecule has 7 nitrogen and oxygen atoms in total. The molecule has 1 saturated heterocycles. The van der Waals surface area contributed by atoms with E-state index >= 15 is 0 Å². The summed E-state index contributed by atoms with van der Waals surface area (Å²) in [5.41, 5.74) is 1.32. The van der Waals surface area contributed by atoms with Crippen LogP contribution in [0.15, 0.2) is 76.9 Å². The number of imide groups is 1. The second kappa shape index (κ2) is 10.5. The monoisotopic (exact) mass is 541 g/mol. The van der Waals surface area contributed by atoms with Crippen LogP contribution in [0.3, 0.4) is 0 Å². The molecule has 2 N–H and O–H groups in total. The number of ether oxygens (including phenoxy) is 1. The molecule has 4 amide bonds. The van der Waals surface area contributed by atoms with Crippen molar-refractivity contribution in [1.29, 1.82) is 0 Å². The number of carbonyl (C=O) groups is 3. The summed E-state index contributed by atoms with van der Waals surface area (Å²) in [4.78, 5) is 37.9.